The fourth-order valence-corrected chi connectivity index (χ4v) is 1.02. The molecule has 0 bridgehead atoms. The van der Waals surface area contributed by atoms with Gasteiger partial charge in [0.15, 0.2) is 0 Å². The van der Waals surface area contributed by atoms with Gasteiger partial charge in [-0.2, -0.15) is 0 Å². The molecule has 0 saturated carbocycles. The molecule has 0 amide bonds. The van der Waals surface area contributed by atoms with Crippen molar-refractivity contribution in [2.45, 2.75) is 0 Å². The van der Waals surface area contributed by atoms with E-state index in [1.54, 1.807) is 43.0 Å². The molecular formula is C13H13N3O. The Labute approximate surface area is 100.0 Å². The van der Waals surface area contributed by atoms with E-state index in [1.807, 2.05) is 12.1 Å². The normalized spacial score (nSPS) is 9.41. The van der Waals surface area contributed by atoms with Crippen LogP contribution >= 0.6 is 0 Å². The maximum atomic E-state index is 8.06. The maximum Gasteiger partial charge on any atom is 0.0749 e. The van der Waals surface area contributed by atoms with Gasteiger partial charge in [-0.3, -0.25) is 9.97 Å². The van der Waals surface area contributed by atoms with Gasteiger partial charge in [0.2, 0.25) is 0 Å². The van der Waals surface area contributed by atoms with E-state index in [4.69, 9.17) is 5.21 Å². The first kappa shape index (κ1) is 12.6. The number of nitrogens with zero attached hydrogens (tertiary/aromatic N) is 3. The number of aromatic nitrogens is 2. The molecule has 0 aliphatic heterocycles. The van der Waals surface area contributed by atoms with E-state index >= 15 is 0 Å². The smallest absolute Gasteiger partial charge is 0.0749 e. The fourth-order valence-electron chi connectivity index (χ4n) is 1.02. The Morgan fingerprint density at radius 1 is 1.06 bits per heavy atom. The zero-order chi connectivity index (χ0) is 12.3. The van der Waals surface area contributed by atoms with Crippen LogP contribution < -0.4 is 0 Å². The average Bonchev–Trinajstić information content (AvgIpc) is 2.42. The lowest BCUT2D eigenvalue weighted by atomic mass is 10.3. The van der Waals surface area contributed by atoms with Crippen LogP contribution in [0.2, 0.25) is 0 Å². The third kappa shape index (κ3) is 5.22. The van der Waals surface area contributed by atoms with Crippen LogP contribution in [0.5, 0.6) is 0 Å². The molecule has 0 aliphatic rings. The highest BCUT2D eigenvalue weighted by molar-refractivity contribution is 5.78. The zero-order valence-corrected chi connectivity index (χ0v) is 9.27. The minimum Gasteiger partial charge on any atom is -0.411 e. The van der Waals surface area contributed by atoms with Crippen LogP contribution in [0.4, 0.5) is 0 Å². The van der Waals surface area contributed by atoms with Crippen molar-refractivity contribution in [1.82, 2.24) is 9.97 Å². The van der Waals surface area contributed by atoms with Crippen molar-refractivity contribution < 1.29 is 5.21 Å². The lowest BCUT2D eigenvalue weighted by Crippen LogP contribution is -1.79. The molecule has 2 aromatic heterocycles. The van der Waals surface area contributed by atoms with Crippen LogP contribution in [0.1, 0.15) is 11.1 Å². The standard InChI is InChI=1S/C7H7N.C6H6N2O/c1-2-7-3-5-8-6-4-7;9-8-5-6-2-1-3-7-4-6/h2-6H,1H2;1-5,9H/b;8-5+. The molecule has 86 valence electrons. The first-order valence-corrected chi connectivity index (χ1v) is 4.96. The summed E-state index contributed by atoms with van der Waals surface area (Å²) in [5.74, 6) is 0. The maximum absolute atomic E-state index is 8.06. The summed E-state index contributed by atoms with van der Waals surface area (Å²) < 4.78 is 0. The van der Waals surface area contributed by atoms with Crippen LogP contribution in [-0.4, -0.2) is 21.4 Å². The summed E-state index contributed by atoms with van der Waals surface area (Å²) in [6.07, 6.45) is 9.89. The molecule has 0 spiro atoms. The van der Waals surface area contributed by atoms with Gasteiger partial charge in [0.05, 0.1) is 6.21 Å². The molecule has 0 unspecified atom stereocenters. The average molecular weight is 227 g/mol. The molecule has 0 aliphatic carbocycles. The highest BCUT2D eigenvalue weighted by atomic mass is 16.4. The van der Waals surface area contributed by atoms with Gasteiger partial charge in [-0.15, -0.1) is 0 Å². The van der Waals surface area contributed by atoms with Crippen LogP contribution in [-0.2, 0) is 0 Å². The summed E-state index contributed by atoms with van der Waals surface area (Å²) in [4.78, 5) is 7.65. The van der Waals surface area contributed by atoms with Crippen LogP contribution in [0, 0.1) is 0 Å². The fraction of sp³-hybridized carbons (Fsp3) is 0. The molecule has 0 atom stereocenters. The minimum absolute atomic E-state index is 0.792. The Bertz CT molecular complexity index is 455. The molecule has 0 aromatic carbocycles. The molecule has 2 aromatic rings. The van der Waals surface area contributed by atoms with Crippen LogP contribution in [0.3, 0.4) is 0 Å². The predicted octanol–water partition coefficient (Wildman–Crippen LogP) is 2.61. The molecule has 0 fully saturated rings. The Hall–Kier alpha value is -2.49. The topological polar surface area (TPSA) is 58.4 Å². The second-order valence-corrected chi connectivity index (χ2v) is 3.02. The van der Waals surface area contributed by atoms with Gasteiger partial charge in [-0.1, -0.05) is 23.9 Å². The second-order valence-electron chi connectivity index (χ2n) is 3.02. The Balaban J connectivity index is 0.000000171. The number of rotatable bonds is 2. The number of hydrogen-bond donors (Lipinski definition) is 1. The SMILES string of the molecule is C=Cc1ccncc1.O/N=C/c1cccnc1. The summed E-state index contributed by atoms with van der Waals surface area (Å²) in [6.45, 7) is 3.60. The highest BCUT2D eigenvalue weighted by Crippen LogP contribution is 1.95. The monoisotopic (exact) mass is 227 g/mol. The Morgan fingerprint density at radius 2 is 1.82 bits per heavy atom. The van der Waals surface area contributed by atoms with E-state index in [-0.39, 0.29) is 0 Å². The van der Waals surface area contributed by atoms with Crippen molar-refractivity contribution in [3.05, 3.63) is 66.8 Å². The predicted molar refractivity (Wildman–Crippen MR) is 67.9 cm³/mol. The lowest BCUT2D eigenvalue weighted by molar-refractivity contribution is 0.322. The summed E-state index contributed by atoms with van der Waals surface area (Å²) in [5.41, 5.74) is 1.90. The van der Waals surface area contributed by atoms with Gasteiger partial charge < -0.3 is 5.21 Å². The molecule has 4 heteroatoms. The van der Waals surface area contributed by atoms with Gasteiger partial charge in [0, 0.05) is 30.4 Å². The minimum atomic E-state index is 0.792. The van der Waals surface area contributed by atoms with Crippen LogP contribution in [0.15, 0.2) is 60.8 Å². The number of oxime groups is 1. The summed E-state index contributed by atoms with van der Waals surface area (Å²) >= 11 is 0. The largest absolute Gasteiger partial charge is 0.411 e. The molecule has 0 radical (unpaired) electrons. The van der Waals surface area contributed by atoms with E-state index in [2.05, 4.69) is 21.7 Å². The Kier molecular flexibility index (Phi) is 5.74. The van der Waals surface area contributed by atoms with Gasteiger partial charge in [-0.25, -0.2) is 0 Å². The molecule has 2 heterocycles. The second kappa shape index (κ2) is 7.76. The van der Waals surface area contributed by atoms with E-state index in [1.165, 1.54) is 6.21 Å². The summed E-state index contributed by atoms with van der Waals surface area (Å²) in [7, 11) is 0. The summed E-state index contributed by atoms with van der Waals surface area (Å²) in [6, 6.07) is 7.39. The van der Waals surface area contributed by atoms with Crippen molar-refractivity contribution in [1.29, 1.82) is 0 Å². The van der Waals surface area contributed by atoms with Crippen molar-refractivity contribution in [3.63, 3.8) is 0 Å². The molecular weight excluding hydrogens is 214 g/mol. The van der Waals surface area contributed by atoms with Crippen LogP contribution in [0.25, 0.3) is 6.08 Å². The van der Waals surface area contributed by atoms with Gasteiger partial charge in [0.25, 0.3) is 0 Å². The lowest BCUT2D eigenvalue weighted by Gasteiger charge is -1.84. The van der Waals surface area contributed by atoms with E-state index in [0.29, 0.717) is 0 Å². The molecule has 2 rings (SSSR count). The van der Waals surface area contributed by atoms with E-state index in [9.17, 15) is 0 Å². The van der Waals surface area contributed by atoms with Crippen molar-refractivity contribution in [3.8, 4) is 0 Å². The molecule has 1 N–H and O–H groups in total. The Morgan fingerprint density at radius 3 is 2.29 bits per heavy atom. The first-order chi connectivity index (χ1) is 8.36. The molecule has 4 nitrogen and oxygen atoms in total. The number of pyridine rings is 2. The van der Waals surface area contributed by atoms with Gasteiger partial charge in [0.1, 0.15) is 0 Å². The highest BCUT2D eigenvalue weighted by Gasteiger charge is 1.81. The van der Waals surface area contributed by atoms with E-state index < -0.39 is 0 Å². The third-order valence-corrected chi connectivity index (χ3v) is 1.83. The van der Waals surface area contributed by atoms with Gasteiger partial charge in [-0.05, 0) is 23.8 Å². The van der Waals surface area contributed by atoms with E-state index in [0.717, 1.165) is 11.1 Å². The summed E-state index contributed by atoms with van der Waals surface area (Å²) in [5, 5.41) is 10.9. The van der Waals surface area contributed by atoms with Crippen molar-refractivity contribution >= 4 is 12.3 Å². The van der Waals surface area contributed by atoms with Crippen molar-refractivity contribution in [2.24, 2.45) is 5.16 Å². The number of hydrogen-bond acceptors (Lipinski definition) is 4. The molecule has 17 heavy (non-hydrogen) atoms. The van der Waals surface area contributed by atoms with Gasteiger partial charge >= 0.3 is 0 Å². The quantitative estimate of drug-likeness (QED) is 0.487. The van der Waals surface area contributed by atoms with Crippen molar-refractivity contribution in [2.75, 3.05) is 0 Å². The third-order valence-electron chi connectivity index (χ3n) is 1.83. The molecule has 0 saturated heterocycles. The first-order valence-electron chi connectivity index (χ1n) is 4.96. The zero-order valence-electron chi connectivity index (χ0n) is 9.27.